The Balaban J connectivity index is 1.85. The van der Waals surface area contributed by atoms with Crippen molar-refractivity contribution < 1.29 is 0 Å². The van der Waals surface area contributed by atoms with E-state index in [1.165, 1.54) is 13.1 Å². The maximum Gasteiger partial charge on any atom is 0.138 e. The Hall–Kier alpha value is -0.900. The minimum absolute atomic E-state index is 0.254. The highest BCUT2D eigenvalue weighted by Gasteiger charge is 2.37. The first kappa shape index (κ1) is 14.5. The van der Waals surface area contributed by atoms with Crippen molar-refractivity contribution in [3.63, 3.8) is 0 Å². The molecule has 108 valence electrons. The van der Waals surface area contributed by atoms with Crippen LogP contribution in [0.1, 0.15) is 40.4 Å². The highest BCUT2D eigenvalue weighted by molar-refractivity contribution is 4.94. The van der Waals surface area contributed by atoms with Crippen molar-refractivity contribution in [1.29, 1.82) is 0 Å². The molecular formula is C15H28N4. The summed E-state index contributed by atoms with van der Waals surface area (Å²) in [6, 6.07) is 0. The summed E-state index contributed by atoms with van der Waals surface area (Å²) in [4.78, 5) is 6.92. The molecule has 0 spiro atoms. The third-order valence-electron chi connectivity index (χ3n) is 4.28. The first-order valence-electron chi connectivity index (χ1n) is 7.23. The van der Waals surface area contributed by atoms with Gasteiger partial charge in [-0.2, -0.15) is 5.10 Å². The molecular weight excluding hydrogens is 236 g/mol. The van der Waals surface area contributed by atoms with Gasteiger partial charge in [0.25, 0.3) is 0 Å². The first-order valence-corrected chi connectivity index (χ1v) is 7.23. The van der Waals surface area contributed by atoms with Crippen LogP contribution in [-0.2, 0) is 13.5 Å². The topological polar surface area (TPSA) is 34.0 Å². The molecule has 0 atom stereocenters. The van der Waals surface area contributed by atoms with Crippen LogP contribution in [0.15, 0.2) is 6.33 Å². The second-order valence-electron chi connectivity index (χ2n) is 7.90. The third kappa shape index (κ3) is 3.56. The molecule has 1 aromatic heterocycles. The van der Waals surface area contributed by atoms with Crippen molar-refractivity contribution >= 4 is 0 Å². The van der Waals surface area contributed by atoms with Crippen molar-refractivity contribution in [2.45, 2.75) is 41.0 Å². The Morgan fingerprint density at radius 2 is 1.84 bits per heavy atom. The lowest BCUT2D eigenvalue weighted by Gasteiger charge is -2.48. The molecule has 0 aliphatic carbocycles. The summed E-state index contributed by atoms with van der Waals surface area (Å²) < 4.78 is 1.88. The second-order valence-corrected chi connectivity index (χ2v) is 7.90. The van der Waals surface area contributed by atoms with Gasteiger partial charge in [0.1, 0.15) is 12.2 Å². The van der Waals surface area contributed by atoms with E-state index in [2.05, 4.69) is 49.6 Å². The molecule has 0 N–H and O–H groups in total. The standard InChI is InChI=1S/C15H28N4/c1-14(2,3)12-8-19(9-12)10-15(4,5)7-13-16-11-17-18(13)6/h11-12H,7-10H2,1-6H3. The quantitative estimate of drug-likeness (QED) is 0.837. The number of aryl methyl sites for hydroxylation is 1. The number of hydrogen-bond donors (Lipinski definition) is 0. The van der Waals surface area contributed by atoms with E-state index < -0.39 is 0 Å². The normalized spacial score (nSPS) is 18.6. The molecule has 1 saturated heterocycles. The van der Waals surface area contributed by atoms with Gasteiger partial charge < -0.3 is 4.90 Å². The first-order chi connectivity index (χ1) is 8.67. The van der Waals surface area contributed by atoms with Crippen LogP contribution in [0, 0.1) is 16.7 Å². The Morgan fingerprint density at radius 3 is 2.32 bits per heavy atom. The van der Waals surface area contributed by atoms with Gasteiger partial charge in [-0.15, -0.1) is 0 Å². The largest absolute Gasteiger partial charge is 0.302 e. The summed E-state index contributed by atoms with van der Waals surface area (Å²) in [7, 11) is 1.97. The molecule has 0 saturated carbocycles. The van der Waals surface area contributed by atoms with Crippen LogP contribution in [0.4, 0.5) is 0 Å². The molecule has 4 heteroatoms. The molecule has 0 aromatic carbocycles. The zero-order chi connectivity index (χ0) is 14.3. The Labute approximate surface area is 117 Å². The molecule has 0 radical (unpaired) electrons. The molecule has 1 aromatic rings. The molecule has 1 fully saturated rings. The predicted molar refractivity (Wildman–Crippen MR) is 77.9 cm³/mol. The molecule has 4 nitrogen and oxygen atoms in total. The van der Waals surface area contributed by atoms with Gasteiger partial charge in [-0.05, 0) is 16.7 Å². The minimum Gasteiger partial charge on any atom is -0.302 e. The Morgan fingerprint density at radius 1 is 1.21 bits per heavy atom. The Bertz CT molecular complexity index is 422. The summed E-state index contributed by atoms with van der Waals surface area (Å²) in [5.74, 6) is 1.93. The van der Waals surface area contributed by atoms with Crippen LogP contribution < -0.4 is 0 Å². The smallest absolute Gasteiger partial charge is 0.138 e. The van der Waals surface area contributed by atoms with Gasteiger partial charge in [0.2, 0.25) is 0 Å². The fraction of sp³-hybridized carbons (Fsp3) is 0.867. The van der Waals surface area contributed by atoms with E-state index in [0.29, 0.717) is 5.41 Å². The van der Waals surface area contributed by atoms with Gasteiger partial charge in [-0.1, -0.05) is 34.6 Å². The fourth-order valence-corrected chi connectivity index (χ4v) is 2.82. The summed E-state index contributed by atoms with van der Waals surface area (Å²) in [6.07, 6.45) is 2.63. The van der Waals surface area contributed by atoms with Gasteiger partial charge >= 0.3 is 0 Å². The molecule has 0 bridgehead atoms. The lowest BCUT2D eigenvalue weighted by Crippen LogP contribution is -2.54. The van der Waals surface area contributed by atoms with Crippen LogP contribution >= 0.6 is 0 Å². The highest BCUT2D eigenvalue weighted by atomic mass is 15.3. The lowest BCUT2D eigenvalue weighted by atomic mass is 9.75. The van der Waals surface area contributed by atoms with Crippen molar-refractivity contribution in [3.8, 4) is 0 Å². The highest BCUT2D eigenvalue weighted by Crippen LogP contribution is 2.35. The average Bonchev–Trinajstić information content (AvgIpc) is 2.55. The van der Waals surface area contributed by atoms with Gasteiger partial charge in [0.15, 0.2) is 0 Å². The van der Waals surface area contributed by atoms with E-state index in [9.17, 15) is 0 Å². The second kappa shape index (κ2) is 4.89. The molecule has 1 aliphatic heterocycles. The monoisotopic (exact) mass is 264 g/mol. The van der Waals surface area contributed by atoms with Crippen LogP contribution in [0.5, 0.6) is 0 Å². The Kier molecular flexibility index (Phi) is 3.74. The van der Waals surface area contributed by atoms with Crippen LogP contribution in [0.3, 0.4) is 0 Å². The maximum atomic E-state index is 4.34. The van der Waals surface area contributed by atoms with E-state index in [-0.39, 0.29) is 5.41 Å². The van der Waals surface area contributed by atoms with Gasteiger partial charge in [0.05, 0.1) is 0 Å². The van der Waals surface area contributed by atoms with Crippen molar-refractivity contribution in [3.05, 3.63) is 12.2 Å². The summed E-state index contributed by atoms with van der Waals surface area (Å²) in [5.41, 5.74) is 0.702. The molecule has 2 heterocycles. The average molecular weight is 264 g/mol. The van der Waals surface area contributed by atoms with Gasteiger partial charge in [-0.3, -0.25) is 4.68 Å². The zero-order valence-electron chi connectivity index (χ0n) is 13.3. The van der Waals surface area contributed by atoms with E-state index in [4.69, 9.17) is 0 Å². The lowest BCUT2D eigenvalue weighted by molar-refractivity contribution is 0.000210. The molecule has 0 amide bonds. The molecule has 0 unspecified atom stereocenters. The molecule has 19 heavy (non-hydrogen) atoms. The van der Waals surface area contributed by atoms with E-state index in [1.54, 1.807) is 6.33 Å². The summed E-state index contributed by atoms with van der Waals surface area (Å²) in [6.45, 7) is 15.3. The molecule has 1 aliphatic rings. The SMILES string of the molecule is Cn1ncnc1CC(C)(C)CN1CC(C(C)(C)C)C1. The van der Waals surface area contributed by atoms with Crippen LogP contribution in [0.25, 0.3) is 0 Å². The predicted octanol–water partition coefficient (Wildman–Crippen LogP) is 2.36. The van der Waals surface area contributed by atoms with E-state index in [1.807, 2.05) is 11.7 Å². The number of likely N-dealkylation sites (tertiary alicyclic amines) is 1. The number of nitrogens with zero attached hydrogens (tertiary/aromatic N) is 4. The van der Waals surface area contributed by atoms with Gasteiger partial charge in [-0.25, -0.2) is 4.98 Å². The number of aromatic nitrogens is 3. The maximum absolute atomic E-state index is 4.34. The van der Waals surface area contributed by atoms with Crippen molar-refractivity contribution in [1.82, 2.24) is 19.7 Å². The van der Waals surface area contributed by atoms with Crippen LogP contribution in [-0.4, -0.2) is 39.3 Å². The minimum atomic E-state index is 0.254. The number of hydrogen-bond acceptors (Lipinski definition) is 3. The van der Waals surface area contributed by atoms with Gasteiger partial charge in [0, 0.05) is 33.1 Å². The van der Waals surface area contributed by atoms with Crippen LogP contribution in [0.2, 0.25) is 0 Å². The third-order valence-corrected chi connectivity index (χ3v) is 4.28. The van der Waals surface area contributed by atoms with E-state index in [0.717, 1.165) is 24.7 Å². The van der Waals surface area contributed by atoms with Crippen molar-refractivity contribution in [2.75, 3.05) is 19.6 Å². The van der Waals surface area contributed by atoms with E-state index >= 15 is 0 Å². The zero-order valence-corrected chi connectivity index (χ0v) is 13.3. The fourth-order valence-electron chi connectivity index (χ4n) is 2.82. The summed E-state index contributed by atoms with van der Waals surface area (Å²) >= 11 is 0. The van der Waals surface area contributed by atoms with Crippen molar-refractivity contribution in [2.24, 2.45) is 23.8 Å². The summed E-state index contributed by atoms with van der Waals surface area (Å²) in [5, 5.41) is 4.15. The molecule has 2 rings (SSSR count). The number of rotatable bonds is 4.